The van der Waals surface area contributed by atoms with Crippen LogP contribution >= 0.6 is 11.6 Å². The van der Waals surface area contributed by atoms with Crippen molar-refractivity contribution in [1.82, 2.24) is 14.8 Å². The molecule has 0 aliphatic carbocycles. The molecule has 0 N–H and O–H groups in total. The van der Waals surface area contributed by atoms with Gasteiger partial charge in [-0.1, -0.05) is 17.7 Å². The number of hydrogen-bond acceptors (Lipinski definition) is 9. The van der Waals surface area contributed by atoms with Crippen LogP contribution in [-0.2, 0) is 16.1 Å². The van der Waals surface area contributed by atoms with Gasteiger partial charge in [0.15, 0.2) is 18.1 Å². The predicted molar refractivity (Wildman–Crippen MR) is 146 cm³/mol. The molecular formula is C28H32ClN3O7. The number of benzene rings is 2. The third-order valence-electron chi connectivity index (χ3n) is 6.54. The summed E-state index contributed by atoms with van der Waals surface area (Å²) in [6.07, 6.45) is 1.40. The standard InChI is InChI=1S/C28H32ClN3O7/c1-5-38-28(34)21-15-30-22-8-7-19(14-20(22)25(21)29)39-17-24(33)32-12-10-31(11-13-32)16-18-6-9-23(35-2)27(37-4)26(18)36-3/h6-9,14-15H,5,10-13,16-17H2,1-4H3. The molecule has 0 bridgehead atoms. The van der Waals surface area contributed by atoms with Gasteiger partial charge in [0.25, 0.3) is 5.91 Å². The minimum absolute atomic E-state index is 0.108. The maximum atomic E-state index is 12.9. The van der Waals surface area contributed by atoms with Gasteiger partial charge in [-0.05, 0) is 31.2 Å². The van der Waals surface area contributed by atoms with Crippen molar-refractivity contribution in [2.45, 2.75) is 13.5 Å². The summed E-state index contributed by atoms with van der Waals surface area (Å²) in [5.74, 6) is 1.62. The number of pyridine rings is 1. The van der Waals surface area contributed by atoms with Gasteiger partial charge in [-0.15, -0.1) is 0 Å². The molecular weight excluding hydrogens is 526 g/mol. The number of esters is 1. The Morgan fingerprint density at radius 3 is 2.38 bits per heavy atom. The van der Waals surface area contributed by atoms with Crippen LogP contribution in [0.5, 0.6) is 23.0 Å². The molecule has 0 unspecified atom stereocenters. The van der Waals surface area contributed by atoms with Crippen LogP contribution in [0.15, 0.2) is 36.5 Å². The highest BCUT2D eigenvalue weighted by Crippen LogP contribution is 2.40. The van der Waals surface area contributed by atoms with E-state index in [1.807, 2.05) is 12.1 Å². The van der Waals surface area contributed by atoms with E-state index >= 15 is 0 Å². The maximum absolute atomic E-state index is 12.9. The summed E-state index contributed by atoms with van der Waals surface area (Å²) in [4.78, 5) is 33.3. The summed E-state index contributed by atoms with van der Waals surface area (Å²) in [7, 11) is 4.78. The number of aromatic nitrogens is 1. The third-order valence-corrected chi connectivity index (χ3v) is 6.94. The Morgan fingerprint density at radius 1 is 0.974 bits per heavy atom. The summed E-state index contributed by atoms with van der Waals surface area (Å²) in [5.41, 5.74) is 1.77. The lowest BCUT2D eigenvalue weighted by Gasteiger charge is -2.35. The highest BCUT2D eigenvalue weighted by atomic mass is 35.5. The average Bonchev–Trinajstić information content (AvgIpc) is 2.96. The highest BCUT2D eigenvalue weighted by Gasteiger charge is 2.24. The molecule has 1 aliphatic rings. The van der Waals surface area contributed by atoms with Gasteiger partial charge in [-0.2, -0.15) is 0 Å². The minimum atomic E-state index is -0.540. The molecule has 0 radical (unpaired) electrons. The number of methoxy groups -OCH3 is 3. The van der Waals surface area contributed by atoms with E-state index in [1.54, 1.807) is 51.4 Å². The molecule has 3 aromatic rings. The van der Waals surface area contributed by atoms with Crippen molar-refractivity contribution in [2.75, 3.05) is 60.7 Å². The second-order valence-electron chi connectivity index (χ2n) is 8.82. The highest BCUT2D eigenvalue weighted by molar-refractivity contribution is 6.38. The van der Waals surface area contributed by atoms with Gasteiger partial charge in [0.05, 0.1) is 44.0 Å². The topological polar surface area (TPSA) is 99.7 Å². The Bertz CT molecular complexity index is 1340. The number of carbonyl (C=O) groups is 2. The van der Waals surface area contributed by atoms with Crippen LogP contribution in [0.25, 0.3) is 10.9 Å². The largest absolute Gasteiger partial charge is 0.493 e. The number of piperazine rings is 1. The van der Waals surface area contributed by atoms with Gasteiger partial charge in [-0.3, -0.25) is 14.7 Å². The lowest BCUT2D eigenvalue weighted by molar-refractivity contribution is -0.135. The molecule has 1 fully saturated rings. The monoisotopic (exact) mass is 557 g/mol. The number of amides is 1. The summed E-state index contributed by atoms with van der Waals surface area (Å²) >= 11 is 6.45. The lowest BCUT2D eigenvalue weighted by Crippen LogP contribution is -2.49. The Morgan fingerprint density at radius 2 is 1.72 bits per heavy atom. The van der Waals surface area contributed by atoms with Gasteiger partial charge in [-0.25, -0.2) is 4.79 Å². The van der Waals surface area contributed by atoms with Crippen molar-refractivity contribution in [3.63, 3.8) is 0 Å². The first-order chi connectivity index (χ1) is 18.9. The molecule has 10 nitrogen and oxygen atoms in total. The molecule has 1 saturated heterocycles. The number of halogens is 1. The molecule has 2 heterocycles. The average molecular weight is 558 g/mol. The molecule has 11 heteroatoms. The first-order valence-electron chi connectivity index (χ1n) is 12.6. The zero-order valence-electron chi connectivity index (χ0n) is 22.5. The van der Waals surface area contributed by atoms with Gasteiger partial charge in [0.2, 0.25) is 5.75 Å². The van der Waals surface area contributed by atoms with E-state index in [0.29, 0.717) is 66.6 Å². The summed E-state index contributed by atoms with van der Waals surface area (Å²) < 4.78 is 27.3. The van der Waals surface area contributed by atoms with Crippen molar-refractivity contribution in [2.24, 2.45) is 0 Å². The Kier molecular flexibility index (Phi) is 9.32. The number of carbonyl (C=O) groups excluding carboxylic acids is 2. The van der Waals surface area contributed by atoms with Crippen molar-refractivity contribution >= 4 is 34.4 Å². The van der Waals surface area contributed by atoms with E-state index in [4.69, 9.17) is 35.3 Å². The van der Waals surface area contributed by atoms with E-state index < -0.39 is 5.97 Å². The second-order valence-corrected chi connectivity index (χ2v) is 9.20. The molecule has 1 aromatic heterocycles. The fourth-order valence-electron chi connectivity index (χ4n) is 4.50. The van der Waals surface area contributed by atoms with Crippen LogP contribution in [0.4, 0.5) is 0 Å². The van der Waals surface area contributed by atoms with E-state index in [0.717, 1.165) is 5.56 Å². The van der Waals surface area contributed by atoms with Gasteiger partial charge in [0, 0.05) is 49.9 Å². The van der Waals surface area contributed by atoms with Crippen LogP contribution in [0, 0.1) is 0 Å². The van der Waals surface area contributed by atoms with Crippen LogP contribution in [0.1, 0.15) is 22.8 Å². The Hall–Kier alpha value is -3.76. The van der Waals surface area contributed by atoms with Crippen molar-refractivity contribution in [1.29, 1.82) is 0 Å². The molecule has 1 amide bonds. The van der Waals surface area contributed by atoms with Crippen LogP contribution < -0.4 is 18.9 Å². The van der Waals surface area contributed by atoms with Gasteiger partial charge in [0.1, 0.15) is 5.75 Å². The maximum Gasteiger partial charge on any atom is 0.341 e. The van der Waals surface area contributed by atoms with Crippen molar-refractivity contribution in [3.8, 4) is 23.0 Å². The molecule has 1 aliphatic heterocycles. The van der Waals surface area contributed by atoms with E-state index in [-0.39, 0.29) is 29.7 Å². The van der Waals surface area contributed by atoms with Gasteiger partial charge >= 0.3 is 5.97 Å². The van der Waals surface area contributed by atoms with E-state index in [2.05, 4.69) is 9.88 Å². The fraction of sp³-hybridized carbons (Fsp3) is 0.393. The number of nitrogens with zero attached hydrogens (tertiary/aromatic N) is 3. The number of hydrogen-bond donors (Lipinski definition) is 0. The first-order valence-corrected chi connectivity index (χ1v) is 12.9. The van der Waals surface area contributed by atoms with Crippen LogP contribution in [0.2, 0.25) is 5.02 Å². The number of fused-ring (bicyclic) bond motifs is 1. The quantitative estimate of drug-likeness (QED) is 0.344. The smallest absolute Gasteiger partial charge is 0.341 e. The van der Waals surface area contributed by atoms with E-state index in [9.17, 15) is 9.59 Å². The zero-order valence-corrected chi connectivity index (χ0v) is 23.2. The molecule has 0 saturated carbocycles. The van der Waals surface area contributed by atoms with Crippen LogP contribution in [-0.4, -0.2) is 87.4 Å². The summed E-state index contributed by atoms with van der Waals surface area (Å²) in [6.45, 7) is 5.06. The number of rotatable bonds is 10. The molecule has 208 valence electrons. The van der Waals surface area contributed by atoms with Crippen LogP contribution in [0.3, 0.4) is 0 Å². The van der Waals surface area contributed by atoms with Crippen molar-refractivity contribution < 1.29 is 33.3 Å². The molecule has 2 aromatic carbocycles. The van der Waals surface area contributed by atoms with Crippen molar-refractivity contribution in [3.05, 3.63) is 52.7 Å². The molecule has 4 rings (SSSR count). The summed E-state index contributed by atoms with van der Waals surface area (Å²) in [6, 6.07) is 8.96. The minimum Gasteiger partial charge on any atom is -0.493 e. The predicted octanol–water partition coefficient (Wildman–Crippen LogP) is 3.81. The first kappa shape index (κ1) is 28.3. The van der Waals surface area contributed by atoms with Gasteiger partial charge < -0.3 is 28.6 Å². The normalized spacial score (nSPS) is 13.7. The SMILES string of the molecule is CCOC(=O)c1cnc2ccc(OCC(=O)N3CCN(Cc4ccc(OC)c(OC)c4OC)CC3)cc2c1Cl. The van der Waals surface area contributed by atoms with E-state index in [1.165, 1.54) is 6.20 Å². The Balaban J connectivity index is 1.34. The molecule has 0 atom stereocenters. The summed E-state index contributed by atoms with van der Waals surface area (Å²) in [5, 5.41) is 0.781. The second kappa shape index (κ2) is 12.9. The zero-order chi connectivity index (χ0) is 27.9. The lowest BCUT2D eigenvalue weighted by atomic mass is 10.1. The third kappa shape index (κ3) is 6.29. The Labute approximate surface area is 232 Å². The number of ether oxygens (including phenoxy) is 5. The molecule has 0 spiro atoms. The fourth-order valence-corrected chi connectivity index (χ4v) is 4.78. The molecule has 39 heavy (non-hydrogen) atoms.